The van der Waals surface area contributed by atoms with Gasteiger partial charge >= 0.3 is 0 Å². The molecule has 0 aliphatic heterocycles. The molecular weight excluding hydrogens is 297 g/mol. The van der Waals surface area contributed by atoms with E-state index in [0.29, 0.717) is 6.42 Å². The Morgan fingerprint density at radius 1 is 1.43 bits per heavy atom. The highest BCUT2D eigenvalue weighted by Crippen LogP contribution is 2.21. The van der Waals surface area contributed by atoms with E-state index in [2.05, 4.69) is 4.72 Å². The molecule has 7 heteroatoms. The molecule has 0 aliphatic carbocycles. The molecule has 0 amide bonds. The van der Waals surface area contributed by atoms with Crippen molar-refractivity contribution in [2.75, 3.05) is 13.7 Å². The fourth-order valence-electron chi connectivity index (χ4n) is 2.09. The Hall–Kier alpha value is -1.02. The number of methoxy groups -OCH3 is 1. The third kappa shape index (κ3) is 4.74. The van der Waals surface area contributed by atoms with Crippen molar-refractivity contribution in [3.63, 3.8) is 0 Å². The van der Waals surface area contributed by atoms with Crippen molar-refractivity contribution in [3.05, 3.63) is 29.1 Å². The zero-order valence-electron chi connectivity index (χ0n) is 12.5. The van der Waals surface area contributed by atoms with Crippen molar-refractivity contribution < 1.29 is 22.7 Å². The minimum atomic E-state index is -3.87. The fraction of sp³-hybridized carbons (Fsp3) is 0.571. The first-order valence-electron chi connectivity index (χ1n) is 6.76. The number of hydrogen-bond donors (Lipinski definition) is 2. The van der Waals surface area contributed by atoms with E-state index in [1.165, 1.54) is 20.1 Å². The Labute approximate surface area is 125 Å². The van der Waals surface area contributed by atoms with Crippen molar-refractivity contribution in [2.45, 2.75) is 44.2 Å². The highest BCUT2D eigenvalue weighted by molar-refractivity contribution is 7.89. The Kier molecular flexibility index (Phi) is 6.73. The zero-order valence-corrected chi connectivity index (χ0v) is 13.3. The summed E-state index contributed by atoms with van der Waals surface area (Å²) < 4.78 is 46.1. The summed E-state index contributed by atoms with van der Waals surface area (Å²) in [5.74, 6) is -0.652. The molecule has 21 heavy (non-hydrogen) atoms. The van der Waals surface area contributed by atoms with Crippen LogP contribution in [0.3, 0.4) is 0 Å². The van der Waals surface area contributed by atoms with Crippen molar-refractivity contribution >= 4 is 10.0 Å². The number of halogens is 1. The van der Waals surface area contributed by atoms with Crippen LogP contribution >= 0.6 is 0 Å². The SMILES string of the molecule is CCCC(COC)NS(=O)(=O)c1cc(CO)cc(F)c1C. The highest BCUT2D eigenvalue weighted by Gasteiger charge is 2.23. The topological polar surface area (TPSA) is 75.6 Å². The van der Waals surface area contributed by atoms with Crippen molar-refractivity contribution in [3.8, 4) is 0 Å². The summed E-state index contributed by atoms with van der Waals surface area (Å²) >= 11 is 0. The third-order valence-corrected chi connectivity index (χ3v) is 4.80. The van der Waals surface area contributed by atoms with Crippen LogP contribution in [0.1, 0.15) is 30.9 Å². The molecule has 0 heterocycles. The Balaban J connectivity index is 3.14. The van der Waals surface area contributed by atoms with Gasteiger partial charge in [-0.15, -0.1) is 0 Å². The predicted octanol–water partition coefficient (Wildman–Crippen LogP) is 1.72. The lowest BCUT2D eigenvalue weighted by molar-refractivity contribution is 0.171. The molecule has 1 rings (SSSR count). The van der Waals surface area contributed by atoms with Crippen LogP contribution in [0.5, 0.6) is 0 Å². The van der Waals surface area contributed by atoms with Crippen molar-refractivity contribution in [1.29, 1.82) is 0 Å². The maximum atomic E-state index is 13.8. The first kappa shape index (κ1) is 18.0. The van der Waals surface area contributed by atoms with E-state index >= 15 is 0 Å². The normalized spacial score (nSPS) is 13.4. The van der Waals surface area contributed by atoms with Crippen LogP contribution < -0.4 is 4.72 Å². The molecule has 1 aromatic carbocycles. The minimum absolute atomic E-state index is 0.0346. The minimum Gasteiger partial charge on any atom is -0.392 e. The van der Waals surface area contributed by atoms with E-state index in [1.807, 2.05) is 6.92 Å². The lowest BCUT2D eigenvalue weighted by atomic mass is 10.1. The van der Waals surface area contributed by atoms with Crippen LogP contribution in [-0.4, -0.2) is 33.3 Å². The van der Waals surface area contributed by atoms with Crippen LogP contribution in [0.4, 0.5) is 4.39 Å². The van der Waals surface area contributed by atoms with E-state index in [0.717, 1.165) is 12.5 Å². The number of aliphatic hydroxyl groups is 1. The Morgan fingerprint density at radius 2 is 2.10 bits per heavy atom. The largest absolute Gasteiger partial charge is 0.392 e. The van der Waals surface area contributed by atoms with Gasteiger partial charge in [0.1, 0.15) is 5.82 Å². The summed E-state index contributed by atoms with van der Waals surface area (Å²) in [6.45, 7) is 3.16. The summed E-state index contributed by atoms with van der Waals surface area (Å²) in [7, 11) is -2.38. The molecule has 0 aliphatic rings. The predicted molar refractivity (Wildman–Crippen MR) is 78.0 cm³/mol. The summed E-state index contributed by atoms with van der Waals surface area (Å²) in [4.78, 5) is -0.149. The van der Waals surface area contributed by atoms with Gasteiger partial charge in [0.05, 0.1) is 18.1 Å². The molecular formula is C14H22FNO4S. The molecule has 0 saturated heterocycles. The summed E-state index contributed by atoms with van der Waals surface area (Å²) in [5.41, 5.74) is 0.254. The molecule has 0 bridgehead atoms. The first-order chi connectivity index (χ1) is 9.85. The molecule has 5 nitrogen and oxygen atoms in total. The average molecular weight is 319 g/mol. The van der Waals surface area contributed by atoms with Gasteiger partial charge in [-0.2, -0.15) is 0 Å². The molecule has 0 saturated carbocycles. The van der Waals surface area contributed by atoms with Gasteiger partial charge in [0.2, 0.25) is 10.0 Å². The van der Waals surface area contributed by atoms with Gasteiger partial charge in [0.15, 0.2) is 0 Å². The monoisotopic (exact) mass is 319 g/mol. The second kappa shape index (κ2) is 7.84. The molecule has 1 aromatic rings. The van der Waals surface area contributed by atoms with Crippen molar-refractivity contribution in [1.82, 2.24) is 4.72 Å². The molecule has 0 aromatic heterocycles. The number of ether oxygens (including phenoxy) is 1. The molecule has 1 unspecified atom stereocenters. The van der Waals surface area contributed by atoms with Gasteiger partial charge in [-0.25, -0.2) is 17.5 Å². The summed E-state index contributed by atoms with van der Waals surface area (Å²) in [6, 6.07) is 2.05. The third-order valence-electron chi connectivity index (χ3n) is 3.16. The Bertz CT molecular complexity index is 569. The van der Waals surface area contributed by atoms with E-state index in [1.54, 1.807) is 0 Å². The summed E-state index contributed by atoms with van der Waals surface area (Å²) in [6.07, 6.45) is 1.41. The molecule has 2 N–H and O–H groups in total. The lowest BCUT2D eigenvalue weighted by Gasteiger charge is -2.18. The van der Waals surface area contributed by atoms with Gasteiger partial charge in [0.25, 0.3) is 0 Å². The average Bonchev–Trinajstić information content (AvgIpc) is 2.41. The van der Waals surface area contributed by atoms with Crippen LogP contribution in [0, 0.1) is 12.7 Å². The molecule has 120 valence electrons. The highest BCUT2D eigenvalue weighted by atomic mass is 32.2. The van der Waals surface area contributed by atoms with Gasteiger partial charge in [0, 0.05) is 18.7 Å². The molecule has 1 atom stereocenters. The molecule has 0 fully saturated rings. The number of benzene rings is 1. The lowest BCUT2D eigenvalue weighted by Crippen LogP contribution is -2.38. The number of hydrogen-bond acceptors (Lipinski definition) is 4. The van der Waals surface area contributed by atoms with Crippen LogP contribution in [0.25, 0.3) is 0 Å². The van der Waals surface area contributed by atoms with Crippen LogP contribution in [-0.2, 0) is 21.4 Å². The van der Waals surface area contributed by atoms with E-state index in [-0.39, 0.29) is 28.7 Å². The standard InChI is InChI=1S/C14H22FNO4S/c1-4-5-12(9-20-3)16-21(18,19)14-7-11(8-17)6-13(15)10(14)2/h6-7,12,16-17H,4-5,8-9H2,1-3H3. The van der Waals surface area contributed by atoms with Gasteiger partial charge in [-0.1, -0.05) is 13.3 Å². The molecule has 0 spiro atoms. The van der Waals surface area contributed by atoms with E-state index in [4.69, 9.17) is 9.84 Å². The second-order valence-electron chi connectivity index (χ2n) is 4.92. The summed E-state index contributed by atoms with van der Waals surface area (Å²) in [5, 5.41) is 9.09. The van der Waals surface area contributed by atoms with Crippen LogP contribution in [0.2, 0.25) is 0 Å². The van der Waals surface area contributed by atoms with E-state index < -0.39 is 22.4 Å². The van der Waals surface area contributed by atoms with E-state index in [9.17, 15) is 12.8 Å². The number of sulfonamides is 1. The maximum Gasteiger partial charge on any atom is 0.241 e. The fourth-order valence-corrected chi connectivity index (χ4v) is 3.65. The number of aliphatic hydroxyl groups excluding tert-OH is 1. The molecule has 0 radical (unpaired) electrons. The van der Waals surface area contributed by atoms with Gasteiger partial charge in [-0.05, 0) is 31.0 Å². The van der Waals surface area contributed by atoms with Crippen molar-refractivity contribution in [2.24, 2.45) is 0 Å². The van der Waals surface area contributed by atoms with Gasteiger partial charge in [-0.3, -0.25) is 0 Å². The van der Waals surface area contributed by atoms with Crippen LogP contribution in [0.15, 0.2) is 17.0 Å². The first-order valence-corrected chi connectivity index (χ1v) is 8.25. The number of nitrogens with one attached hydrogen (secondary N) is 1. The Morgan fingerprint density at radius 3 is 2.62 bits per heavy atom. The van der Waals surface area contributed by atoms with Gasteiger partial charge < -0.3 is 9.84 Å². The number of rotatable bonds is 8. The zero-order chi connectivity index (χ0) is 16.0. The maximum absolute atomic E-state index is 13.8. The smallest absolute Gasteiger partial charge is 0.241 e. The second-order valence-corrected chi connectivity index (χ2v) is 6.60. The quantitative estimate of drug-likeness (QED) is 0.765.